The molecular formula is H2LaLiNbO. The summed E-state index contributed by atoms with van der Waals surface area (Å²) in [6, 6.07) is 0. The molecule has 0 rings (SSSR count). The first-order chi connectivity index (χ1) is 0. The van der Waals surface area contributed by atoms with Gasteiger partial charge in [0.15, 0.2) is 0 Å². The van der Waals surface area contributed by atoms with Gasteiger partial charge in [0, 0.05) is 76.8 Å². The second-order valence-corrected chi connectivity index (χ2v) is 0. The predicted molar refractivity (Wildman–Crippen MR) is 9.37 cm³/mol. The molecule has 0 atom stereocenters. The van der Waals surface area contributed by atoms with E-state index in [1.807, 2.05) is 0 Å². The molecule has 0 unspecified atom stereocenters. The Morgan fingerprint density at radius 2 is 1.00 bits per heavy atom. The number of hydrogen-bond acceptors (Lipinski definition) is 0. The summed E-state index contributed by atoms with van der Waals surface area (Å²) in [5.41, 5.74) is 0. The predicted octanol–water partition coefficient (Wildman–Crippen LogP) is -1.21. The Kier molecular flexibility index (Phi) is 141. The van der Waals surface area contributed by atoms with Gasteiger partial charge in [-0.1, -0.05) is 0 Å². The van der Waals surface area contributed by atoms with Crippen molar-refractivity contribution < 1.29 is 63.5 Å². The van der Waals surface area contributed by atoms with Crippen LogP contribution in [0.25, 0.3) is 0 Å². The molecule has 17 valence electrons. The van der Waals surface area contributed by atoms with E-state index < -0.39 is 0 Å². The largest absolute Gasteiger partial charge is 0.412 e. The van der Waals surface area contributed by atoms with Gasteiger partial charge >= 0.3 is 0 Å². The van der Waals surface area contributed by atoms with Crippen LogP contribution < -0.4 is 0 Å². The molecule has 0 aromatic heterocycles. The van der Waals surface area contributed by atoms with Gasteiger partial charge in [-0.15, -0.1) is 0 Å². The molecule has 0 bridgehead atoms. The molecule has 0 aromatic carbocycles. The first kappa shape index (κ1) is 31.5. The molecule has 4 heteroatoms. The van der Waals surface area contributed by atoms with Crippen molar-refractivity contribution in [3.05, 3.63) is 0 Å². The summed E-state index contributed by atoms with van der Waals surface area (Å²) in [5, 5.41) is 0. The van der Waals surface area contributed by atoms with E-state index in [4.69, 9.17) is 0 Å². The van der Waals surface area contributed by atoms with E-state index in [1.165, 1.54) is 0 Å². The van der Waals surface area contributed by atoms with E-state index >= 15 is 0 Å². The Hall–Kier alpha value is 2.49. The third kappa shape index (κ3) is 8.82. The molecule has 0 fully saturated rings. The zero-order valence-corrected chi connectivity index (χ0v) is 8.35. The van der Waals surface area contributed by atoms with Crippen LogP contribution >= 0.6 is 0 Å². The topological polar surface area (TPSA) is 31.5 Å². The fourth-order valence-corrected chi connectivity index (χ4v) is 0. The molecule has 0 heterocycles. The quantitative estimate of drug-likeness (QED) is 0.488. The third-order valence-corrected chi connectivity index (χ3v) is 0. The van der Waals surface area contributed by atoms with Crippen LogP contribution in [0.2, 0.25) is 0 Å². The molecule has 4 heavy (non-hydrogen) atoms. The molecule has 0 aliphatic carbocycles. The van der Waals surface area contributed by atoms with E-state index in [0.717, 1.165) is 0 Å². The normalized spacial score (nSPS) is 0. The van der Waals surface area contributed by atoms with Crippen LogP contribution in [0.15, 0.2) is 0 Å². The minimum absolute atomic E-state index is 0. The maximum Gasteiger partial charge on any atom is 0 e. The number of rotatable bonds is 0. The van der Waals surface area contributed by atoms with E-state index in [-0.39, 0.29) is 82.3 Å². The zero-order chi connectivity index (χ0) is 0. The van der Waals surface area contributed by atoms with Crippen LogP contribution in [0, 0.1) is 35.6 Å². The molecule has 0 aromatic rings. The van der Waals surface area contributed by atoms with Gasteiger partial charge in [-0.3, -0.25) is 0 Å². The van der Waals surface area contributed by atoms with Gasteiger partial charge < -0.3 is 5.48 Å². The molecule has 1 nitrogen and oxygen atoms in total. The zero-order valence-electron chi connectivity index (χ0n) is 2.52. The first-order valence-corrected chi connectivity index (χ1v) is 0. The van der Waals surface area contributed by atoms with E-state index in [1.54, 1.807) is 0 Å². The summed E-state index contributed by atoms with van der Waals surface area (Å²) in [5.74, 6) is 0. The first-order valence-electron chi connectivity index (χ1n) is 0. The van der Waals surface area contributed by atoms with Crippen molar-refractivity contribution >= 4 is 18.9 Å². The molecule has 2 N–H and O–H groups in total. The van der Waals surface area contributed by atoms with Crippen LogP contribution in [0.1, 0.15) is 0 Å². The minimum Gasteiger partial charge on any atom is -0.412 e. The summed E-state index contributed by atoms with van der Waals surface area (Å²) in [6.45, 7) is 0. The average Bonchev–Trinajstić information content (AvgIpc) is 0. The Morgan fingerprint density at radius 3 is 1.00 bits per heavy atom. The summed E-state index contributed by atoms with van der Waals surface area (Å²) < 4.78 is 0. The fourth-order valence-electron chi connectivity index (χ4n) is 0. The minimum atomic E-state index is 0. The Labute approximate surface area is 80.9 Å². The fraction of sp³-hybridized carbons (Fsp3) is 0. The van der Waals surface area contributed by atoms with Crippen molar-refractivity contribution in [1.29, 1.82) is 0 Å². The molecule has 0 aliphatic heterocycles. The van der Waals surface area contributed by atoms with Gasteiger partial charge in [0.2, 0.25) is 0 Å². The Bertz CT molecular complexity index is 8.00. The molecule has 0 saturated heterocycles. The summed E-state index contributed by atoms with van der Waals surface area (Å²) in [7, 11) is 0. The van der Waals surface area contributed by atoms with Crippen molar-refractivity contribution in [2.45, 2.75) is 0 Å². The number of hydrogen-bond donors (Lipinski definition) is 0. The van der Waals surface area contributed by atoms with Gasteiger partial charge in [0.25, 0.3) is 0 Å². The maximum atomic E-state index is 0. The van der Waals surface area contributed by atoms with Crippen molar-refractivity contribution in [3.8, 4) is 0 Å². The van der Waals surface area contributed by atoms with Crippen molar-refractivity contribution in [2.24, 2.45) is 0 Å². The molecule has 0 spiro atoms. The molecule has 0 aliphatic rings. The second kappa shape index (κ2) is 17.8. The van der Waals surface area contributed by atoms with Crippen molar-refractivity contribution in [1.82, 2.24) is 0 Å². The maximum absolute atomic E-state index is 0. The monoisotopic (exact) mass is 257 g/mol. The van der Waals surface area contributed by atoms with Crippen LogP contribution in [-0.2, 0) is 22.4 Å². The average molecular weight is 257 g/mol. The SMILES string of the molecule is O.[La].[Li].[Nb]. The summed E-state index contributed by atoms with van der Waals surface area (Å²) in [4.78, 5) is 0. The van der Waals surface area contributed by atoms with E-state index in [9.17, 15) is 0 Å². The van der Waals surface area contributed by atoms with E-state index in [0.29, 0.717) is 0 Å². The summed E-state index contributed by atoms with van der Waals surface area (Å²) >= 11 is 0. The standard InChI is InChI=1S/La.Li.Nb.H2O/h;;;1H2. The molecule has 0 amide bonds. The van der Waals surface area contributed by atoms with Gasteiger partial charge in [-0.2, -0.15) is 0 Å². The van der Waals surface area contributed by atoms with Crippen LogP contribution in [-0.4, -0.2) is 24.3 Å². The van der Waals surface area contributed by atoms with Crippen molar-refractivity contribution in [3.63, 3.8) is 0 Å². The molecule has 0 saturated carbocycles. The third-order valence-electron chi connectivity index (χ3n) is 0. The smallest absolute Gasteiger partial charge is 0 e. The molecular weight excluding hydrogens is 255 g/mol. The Morgan fingerprint density at radius 1 is 1.00 bits per heavy atom. The van der Waals surface area contributed by atoms with Crippen LogP contribution in [0.4, 0.5) is 0 Å². The van der Waals surface area contributed by atoms with Gasteiger partial charge in [-0.25, -0.2) is 0 Å². The van der Waals surface area contributed by atoms with Gasteiger partial charge in [0.05, 0.1) is 0 Å². The van der Waals surface area contributed by atoms with Crippen LogP contribution in [0.5, 0.6) is 0 Å². The van der Waals surface area contributed by atoms with Crippen LogP contribution in [0.3, 0.4) is 0 Å². The van der Waals surface area contributed by atoms with Gasteiger partial charge in [0.1, 0.15) is 0 Å². The van der Waals surface area contributed by atoms with Gasteiger partial charge in [-0.05, 0) is 0 Å². The second-order valence-electron chi connectivity index (χ2n) is 0. The summed E-state index contributed by atoms with van der Waals surface area (Å²) in [6.07, 6.45) is 0. The van der Waals surface area contributed by atoms with Crippen molar-refractivity contribution in [2.75, 3.05) is 0 Å². The van der Waals surface area contributed by atoms with E-state index in [2.05, 4.69) is 0 Å². The molecule has 3 radical (unpaired) electrons. The Balaban J connectivity index is 0.